The number of amides is 1. The van der Waals surface area contributed by atoms with Crippen LogP contribution >= 0.6 is 11.8 Å². The van der Waals surface area contributed by atoms with E-state index in [0.717, 1.165) is 0 Å². The maximum absolute atomic E-state index is 11.3. The summed E-state index contributed by atoms with van der Waals surface area (Å²) in [6, 6.07) is 0. The zero-order valence-electron chi connectivity index (χ0n) is 11.0. The molecule has 0 aliphatic rings. The van der Waals surface area contributed by atoms with Crippen LogP contribution in [0.1, 0.15) is 32.5 Å². The number of aromatic nitrogens is 2. The molecule has 5 nitrogen and oxygen atoms in total. The van der Waals surface area contributed by atoms with E-state index in [1.54, 1.807) is 6.08 Å². The third-order valence-corrected chi connectivity index (χ3v) is 2.96. The fourth-order valence-corrected chi connectivity index (χ4v) is 1.77. The summed E-state index contributed by atoms with van der Waals surface area (Å²) in [7, 11) is 0. The molecule has 6 heteroatoms. The molecular weight excluding hydrogens is 250 g/mol. The number of hydrogen-bond acceptors (Lipinski definition) is 5. The Labute approximate surface area is 111 Å². The van der Waals surface area contributed by atoms with Crippen molar-refractivity contribution < 1.29 is 9.32 Å². The second-order valence-corrected chi connectivity index (χ2v) is 5.83. The van der Waals surface area contributed by atoms with Gasteiger partial charge in [0, 0.05) is 12.0 Å². The highest BCUT2D eigenvalue weighted by Gasteiger charge is 2.20. The lowest BCUT2D eigenvalue weighted by Gasteiger charge is -2.10. The maximum Gasteiger partial charge on any atom is 0.236 e. The predicted octanol–water partition coefficient (Wildman–Crippen LogP) is 1.90. The van der Waals surface area contributed by atoms with Gasteiger partial charge in [-0.3, -0.25) is 4.79 Å². The monoisotopic (exact) mass is 269 g/mol. The van der Waals surface area contributed by atoms with E-state index in [0.29, 0.717) is 29.8 Å². The third-order valence-electron chi connectivity index (χ3n) is 2.04. The van der Waals surface area contributed by atoms with Crippen molar-refractivity contribution in [2.24, 2.45) is 0 Å². The van der Waals surface area contributed by atoms with Crippen LogP contribution in [0, 0.1) is 0 Å². The van der Waals surface area contributed by atoms with Crippen molar-refractivity contribution in [1.82, 2.24) is 15.5 Å². The minimum atomic E-state index is -0.117. The average Bonchev–Trinajstić information content (AvgIpc) is 2.74. The SMILES string of the molecule is C=CCNC(=O)CSCc1nc(C(C)(C)C)no1. The van der Waals surface area contributed by atoms with Crippen LogP contribution in [0.4, 0.5) is 0 Å². The summed E-state index contributed by atoms with van der Waals surface area (Å²) in [5.41, 5.74) is -0.117. The van der Waals surface area contributed by atoms with Crippen molar-refractivity contribution in [3.8, 4) is 0 Å². The fraction of sp³-hybridized carbons (Fsp3) is 0.583. The molecule has 0 aliphatic heterocycles. The smallest absolute Gasteiger partial charge is 0.236 e. The number of rotatable bonds is 6. The molecule has 1 aromatic rings. The first-order valence-electron chi connectivity index (χ1n) is 5.72. The molecule has 0 aliphatic carbocycles. The van der Waals surface area contributed by atoms with Gasteiger partial charge in [-0.15, -0.1) is 18.3 Å². The Morgan fingerprint density at radius 1 is 1.56 bits per heavy atom. The Hall–Kier alpha value is -1.30. The first-order valence-corrected chi connectivity index (χ1v) is 6.87. The molecular formula is C12H19N3O2S. The zero-order valence-corrected chi connectivity index (χ0v) is 11.8. The second kappa shape index (κ2) is 6.58. The minimum absolute atomic E-state index is 0.0181. The molecule has 1 rings (SSSR count). The molecule has 1 aromatic heterocycles. The van der Waals surface area contributed by atoms with Gasteiger partial charge in [-0.2, -0.15) is 4.98 Å². The predicted molar refractivity (Wildman–Crippen MR) is 72.4 cm³/mol. The average molecular weight is 269 g/mol. The molecule has 0 atom stereocenters. The van der Waals surface area contributed by atoms with Gasteiger partial charge in [0.25, 0.3) is 0 Å². The molecule has 18 heavy (non-hydrogen) atoms. The van der Waals surface area contributed by atoms with Gasteiger partial charge < -0.3 is 9.84 Å². The molecule has 0 saturated carbocycles. The topological polar surface area (TPSA) is 68.0 Å². The van der Waals surface area contributed by atoms with Crippen LogP contribution in [0.5, 0.6) is 0 Å². The zero-order chi connectivity index (χ0) is 13.6. The van der Waals surface area contributed by atoms with Gasteiger partial charge in [0.1, 0.15) is 0 Å². The normalized spacial score (nSPS) is 11.3. The van der Waals surface area contributed by atoms with E-state index in [1.165, 1.54) is 11.8 Å². The Morgan fingerprint density at radius 2 is 2.28 bits per heavy atom. The summed E-state index contributed by atoms with van der Waals surface area (Å²) < 4.78 is 5.12. The summed E-state index contributed by atoms with van der Waals surface area (Å²) >= 11 is 1.45. The quantitative estimate of drug-likeness (QED) is 0.799. The Bertz CT molecular complexity index is 410. The summed E-state index contributed by atoms with van der Waals surface area (Å²) in [5, 5.41) is 6.63. The van der Waals surface area contributed by atoms with E-state index in [-0.39, 0.29) is 11.3 Å². The summed E-state index contributed by atoms with van der Waals surface area (Å²) in [5.74, 6) is 2.15. The number of nitrogens with zero attached hydrogens (tertiary/aromatic N) is 2. The largest absolute Gasteiger partial charge is 0.352 e. The fourth-order valence-electron chi connectivity index (χ4n) is 1.09. The number of nitrogens with one attached hydrogen (secondary N) is 1. The van der Waals surface area contributed by atoms with Gasteiger partial charge in [0.15, 0.2) is 5.82 Å². The van der Waals surface area contributed by atoms with Crippen LogP contribution in [0.25, 0.3) is 0 Å². The lowest BCUT2D eigenvalue weighted by atomic mass is 9.96. The van der Waals surface area contributed by atoms with E-state index >= 15 is 0 Å². The van der Waals surface area contributed by atoms with E-state index in [2.05, 4.69) is 22.0 Å². The van der Waals surface area contributed by atoms with Crippen LogP contribution in [-0.2, 0) is 16.0 Å². The highest BCUT2D eigenvalue weighted by atomic mass is 32.2. The number of carbonyl (C=O) groups is 1. The molecule has 0 radical (unpaired) electrons. The molecule has 1 N–H and O–H groups in total. The van der Waals surface area contributed by atoms with Crippen molar-refractivity contribution in [1.29, 1.82) is 0 Å². The van der Waals surface area contributed by atoms with Crippen molar-refractivity contribution in [3.63, 3.8) is 0 Å². The molecule has 1 heterocycles. The first kappa shape index (κ1) is 14.8. The van der Waals surface area contributed by atoms with Crippen LogP contribution in [0.2, 0.25) is 0 Å². The van der Waals surface area contributed by atoms with Crippen LogP contribution in [0.15, 0.2) is 17.2 Å². The van der Waals surface area contributed by atoms with Gasteiger partial charge in [0.2, 0.25) is 11.8 Å². The van der Waals surface area contributed by atoms with Crippen LogP contribution in [0.3, 0.4) is 0 Å². The molecule has 0 spiro atoms. The Morgan fingerprint density at radius 3 is 2.83 bits per heavy atom. The molecule has 1 amide bonds. The molecule has 0 fully saturated rings. The summed E-state index contributed by atoms with van der Waals surface area (Å²) in [4.78, 5) is 15.6. The van der Waals surface area contributed by atoms with Crippen LogP contribution < -0.4 is 5.32 Å². The van der Waals surface area contributed by atoms with Crippen LogP contribution in [-0.4, -0.2) is 28.3 Å². The number of hydrogen-bond donors (Lipinski definition) is 1. The van der Waals surface area contributed by atoms with E-state index in [1.807, 2.05) is 20.8 Å². The minimum Gasteiger partial charge on any atom is -0.352 e. The van der Waals surface area contributed by atoms with Gasteiger partial charge in [0.05, 0.1) is 11.5 Å². The number of thioether (sulfide) groups is 1. The molecule has 0 saturated heterocycles. The first-order chi connectivity index (χ1) is 8.43. The third kappa shape index (κ3) is 4.91. The lowest BCUT2D eigenvalue weighted by molar-refractivity contribution is -0.118. The highest BCUT2D eigenvalue weighted by Crippen LogP contribution is 2.19. The van der Waals surface area contributed by atoms with Gasteiger partial charge in [-0.25, -0.2) is 0 Å². The molecule has 100 valence electrons. The van der Waals surface area contributed by atoms with Gasteiger partial charge in [-0.05, 0) is 0 Å². The van der Waals surface area contributed by atoms with E-state index in [4.69, 9.17) is 4.52 Å². The molecule has 0 bridgehead atoms. The van der Waals surface area contributed by atoms with Crippen molar-refractivity contribution in [3.05, 3.63) is 24.4 Å². The standard InChI is InChI=1S/C12H19N3O2S/c1-5-6-13-9(16)7-18-8-10-14-11(15-17-10)12(2,3)4/h5H,1,6-8H2,2-4H3,(H,13,16). The van der Waals surface area contributed by atoms with Crippen molar-refractivity contribution in [2.75, 3.05) is 12.3 Å². The van der Waals surface area contributed by atoms with Crippen molar-refractivity contribution in [2.45, 2.75) is 31.9 Å². The van der Waals surface area contributed by atoms with E-state index in [9.17, 15) is 4.79 Å². The van der Waals surface area contributed by atoms with Gasteiger partial charge >= 0.3 is 0 Å². The second-order valence-electron chi connectivity index (χ2n) is 4.85. The number of carbonyl (C=O) groups excluding carboxylic acids is 1. The summed E-state index contributed by atoms with van der Waals surface area (Å²) in [6.45, 7) is 10.1. The molecule has 0 aromatic carbocycles. The Kier molecular flexibility index (Phi) is 5.40. The van der Waals surface area contributed by atoms with Gasteiger partial charge in [-0.1, -0.05) is 32.0 Å². The summed E-state index contributed by atoms with van der Waals surface area (Å²) in [6.07, 6.45) is 1.65. The van der Waals surface area contributed by atoms with E-state index < -0.39 is 0 Å². The molecule has 0 unspecified atom stereocenters. The Balaban J connectivity index is 2.34. The lowest BCUT2D eigenvalue weighted by Crippen LogP contribution is -2.24. The van der Waals surface area contributed by atoms with Crippen molar-refractivity contribution >= 4 is 17.7 Å². The maximum atomic E-state index is 11.3. The highest BCUT2D eigenvalue weighted by molar-refractivity contribution is 7.99.